The van der Waals surface area contributed by atoms with Crippen LogP contribution < -0.4 is 11.3 Å². The number of nitriles is 1. The second kappa shape index (κ2) is 6.71. The minimum absolute atomic E-state index is 0.0288. The summed E-state index contributed by atoms with van der Waals surface area (Å²) >= 11 is 0. The standard InChI is InChI=1S/C12H18N4O/c1-15(7-2-6-13)8-3-9-16-10-11(14)4-5-12(16)17/h4-5,10H,2-3,7-9,14H2,1H3. The van der Waals surface area contributed by atoms with E-state index in [1.165, 1.54) is 6.07 Å². The van der Waals surface area contributed by atoms with Gasteiger partial charge in [0.25, 0.3) is 5.56 Å². The molecule has 1 aromatic heterocycles. The van der Waals surface area contributed by atoms with Gasteiger partial charge < -0.3 is 15.2 Å². The molecule has 17 heavy (non-hydrogen) atoms. The van der Waals surface area contributed by atoms with Gasteiger partial charge in [-0.3, -0.25) is 4.79 Å². The lowest BCUT2D eigenvalue weighted by Gasteiger charge is -2.15. The Balaban J connectivity index is 2.38. The summed E-state index contributed by atoms with van der Waals surface area (Å²) in [4.78, 5) is 13.6. The van der Waals surface area contributed by atoms with Crippen LogP contribution in [0.5, 0.6) is 0 Å². The van der Waals surface area contributed by atoms with Gasteiger partial charge in [0, 0.05) is 37.5 Å². The molecule has 0 aromatic carbocycles. The molecule has 1 aromatic rings. The third-order valence-corrected chi connectivity index (χ3v) is 2.55. The zero-order valence-corrected chi connectivity index (χ0v) is 10.1. The van der Waals surface area contributed by atoms with Crippen LogP contribution >= 0.6 is 0 Å². The number of aromatic nitrogens is 1. The first-order chi connectivity index (χ1) is 8.13. The normalized spacial score (nSPS) is 10.4. The van der Waals surface area contributed by atoms with Crippen molar-refractivity contribution in [3.8, 4) is 6.07 Å². The van der Waals surface area contributed by atoms with Gasteiger partial charge in [0.15, 0.2) is 0 Å². The predicted molar refractivity (Wildman–Crippen MR) is 67.5 cm³/mol. The van der Waals surface area contributed by atoms with Gasteiger partial charge in [-0.05, 0) is 26.1 Å². The first kappa shape index (κ1) is 13.3. The molecule has 0 aliphatic carbocycles. The van der Waals surface area contributed by atoms with Crippen molar-refractivity contribution in [2.24, 2.45) is 0 Å². The third kappa shape index (κ3) is 4.70. The molecule has 0 radical (unpaired) electrons. The van der Waals surface area contributed by atoms with E-state index in [0.717, 1.165) is 19.5 Å². The van der Waals surface area contributed by atoms with Crippen LogP contribution in [-0.2, 0) is 6.54 Å². The predicted octanol–water partition coefficient (Wildman–Crippen LogP) is 0.666. The van der Waals surface area contributed by atoms with Gasteiger partial charge >= 0.3 is 0 Å². The van der Waals surface area contributed by atoms with Crippen LogP contribution in [0.15, 0.2) is 23.1 Å². The molecule has 92 valence electrons. The zero-order chi connectivity index (χ0) is 12.7. The summed E-state index contributed by atoms with van der Waals surface area (Å²) in [5, 5.41) is 8.45. The number of nitrogens with zero attached hydrogens (tertiary/aromatic N) is 3. The highest BCUT2D eigenvalue weighted by atomic mass is 16.1. The second-order valence-electron chi connectivity index (χ2n) is 4.06. The Kier molecular flexibility index (Phi) is 5.24. The smallest absolute Gasteiger partial charge is 0.250 e. The summed E-state index contributed by atoms with van der Waals surface area (Å²) in [5.41, 5.74) is 6.19. The van der Waals surface area contributed by atoms with Crippen molar-refractivity contribution in [3.05, 3.63) is 28.7 Å². The topological polar surface area (TPSA) is 75.1 Å². The van der Waals surface area contributed by atoms with Crippen LogP contribution in [0.4, 0.5) is 5.69 Å². The Labute approximate surface area is 101 Å². The molecule has 2 N–H and O–H groups in total. The highest BCUT2D eigenvalue weighted by Crippen LogP contribution is 1.98. The molecular weight excluding hydrogens is 216 g/mol. The first-order valence-corrected chi connectivity index (χ1v) is 5.65. The van der Waals surface area contributed by atoms with E-state index in [1.807, 2.05) is 7.05 Å². The average molecular weight is 234 g/mol. The van der Waals surface area contributed by atoms with E-state index in [4.69, 9.17) is 11.0 Å². The van der Waals surface area contributed by atoms with E-state index in [9.17, 15) is 4.79 Å². The molecule has 1 rings (SSSR count). The Morgan fingerprint density at radius 1 is 1.47 bits per heavy atom. The molecule has 0 aliphatic heterocycles. The summed E-state index contributed by atoms with van der Waals surface area (Å²) in [7, 11) is 1.97. The number of hydrogen-bond donors (Lipinski definition) is 1. The number of nitrogens with two attached hydrogens (primary N) is 1. The fourth-order valence-corrected chi connectivity index (χ4v) is 1.59. The number of aryl methyl sites for hydroxylation is 1. The van der Waals surface area contributed by atoms with Crippen LogP contribution in [0.2, 0.25) is 0 Å². The van der Waals surface area contributed by atoms with E-state index in [0.29, 0.717) is 18.7 Å². The minimum atomic E-state index is -0.0288. The van der Waals surface area contributed by atoms with Crippen LogP contribution in [0.1, 0.15) is 12.8 Å². The molecule has 1 heterocycles. The Bertz CT molecular complexity index is 447. The van der Waals surface area contributed by atoms with E-state index < -0.39 is 0 Å². The Hall–Kier alpha value is -1.80. The van der Waals surface area contributed by atoms with E-state index in [1.54, 1.807) is 16.8 Å². The maximum atomic E-state index is 11.5. The molecule has 0 bridgehead atoms. The van der Waals surface area contributed by atoms with Gasteiger partial charge in [-0.2, -0.15) is 5.26 Å². The fraction of sp³-hybridized carbons (Fsp3) is 0.500. The summed E-state index contributed by atoms with van der Waals surface area (Å²) in [6.07, 6.45) is 3.07. The van der Waals surface area contributed by atoms with E-state index in [-0.39, 0.29) is 5.56 Å². The number of rotatable bonds is 6. The van der Waals surface area contributed by atoms with Gasteiger partial charge in [0.1, 0.15) is 0 Å². The van der Waals surface area contributed by atoms with Crippen molar-refractivity contribution in [3.63, 3.8) is 0 Å². The van der Waals surface area contributed by atoms with Gasteiger partial charge in [0.2, 0.25) is 0 Å². The molecule has 0 atom stereocenters. The maximum Gasteiger partial charge on any atom is 0.250 e. The fourth-order valence-electron chi connectivity index (χ4n) is 1.59. The lowest BCUT2D eigenvalue weighted by Crippen LogP contribution is -2.24. The summed E-state index contributed by atoms with van der Waals surface area (Å²) < 4.78 is 1.62. The summed E-state index contributed by atoms with van der Waals surface area (Å²) in [5.74, 6) is 0. The number of hydrogen-bond acceptors (Lipinski definition) is 4. The van der Waals surface area contributed by atoms with Crippen LogP contribution in [0.25, 0.3) is 0 Å². The van der Waals surface area contributed by atoms with Crippen molar-refractivity contribution in [2.75, 3.05) is 25.9 Å². The second-order valence-corrected chi connectivity index (χ2v) is 4.06. The number of anilines is 1. The molecule has 0 unspecified atom stereocenters. The Morgan fingerprint density at radius 3 is 2.94 bits per heavy atom. The van der Waals surface area contributed by atoms with Crippen molar-refractivity contribution in [1.29, 1.82) is 5.26 Å². The van der Waals surface area contributed by atoms with E-state index in [2.05, 4.69) is 11.0 Å². The highest BCUT2D eigenvalue weighted by Gasteiger charge is 2.00. The largest absolute Gasteiger partial charge is 0.398 e. The monoisotopic (exact) mass is 234 g/mol. The highest BCUT2D eigenvalue weighted by molar-refractivity contribution is 5.33. The van der Waals surface area contributed by atoms with Crippen LogP contribution in [-0.4, -0.2) is 29.6 Å². The molecule has 0 aliphatic rings. The van der Waals surface area contributed by atoms with Gasteiger partial charge in [-0.15, -0.1) is 0 Å². The van der Waals surface area contributed by atoms with Crippen LogP contribution in [0, 0.1) is 11.3 Å². The molecule has 0 fully saturated rings. The molecule has 0 saturated carbocycles. The number of nitrogen functional groups attached to an aromatic ring is 1. The maximum absolute atomic E-state index is 11.5. The lowest BCUT2D eigenvalue weighted by molar-refractivity contribution is 0.328. The quantitative estimate of drug-likeness (QED) is 0.784. The Morgan fingerprint density at radius 2 is 2.24 bits per heavy atom. The molecule has 5 heteroatoms. The molecule has 5 nitrogen and oxygen atoms in total. The zero-order valence-electron chi connectivity index (χ0n) is 10.1. The van der Waals surface area contributed by atoms with Crippen molar-refractivity contribution < 1.29 is 0 Å². The summed E-state index contributed by atoms with van der Waals surface area (Å²) in [6, 6.07) is 5.20. The first-order valence-electron chi connectivity index (χ1n) is 5.65. The molecular formula is C12H18N4O. The SMILES string of the molecule is CN(CCC#N)CCCn1cc(N)ccc1=O. The van der Waals surface area contributed by atoms with Crippen molar-refractivity contribution in [2.45, 2.75) is 19.4 Å². The third-order valence-electron chi connectivity index (χ3n) is 2.55. The molecule has 0 saturated heterocycles. The summed E-state index contributed by atoms with van der Waals surface area (Å²) in [6.45, 7) is 2.28. The number of pyridine rings is 1. The average Bonchev–Trinajstić information content (AvgIpc) is 2.31. The van der Waals surface area contributed by atoms with Crippen molar-refractivity contribution in [1.82, 2.24) is 9.47 Å². The van der Waals surface area contributed by atoms with Gasteiger partial charge in [-0.1, -0.05) is 0 Å². The molecule has 0 amide bonds. The molecule has 0 spiro atoms. The van der Waals surface area contributed by atoms with E-state index >= 15 is 0 Å². The lowest BCUT2D eigenvalue weighted by atomic mass is 10.3. The van der Waals surface area contributed by atoms with Crippen molar-refractivity contribution >= 4 is 5.69 Å². The van der Waals surface area contributed by atoms with Gasteiger partial charge in [-0.25, -0.2) is 0 Å². The minimum Gasteiger partial charge on any atom is -0.398 e. The van der Waals surface area contributed by atoms with Gasteiger partial charge in [0.05, 0.1) is 6.07 Å². The van der Waals surface area contributed by atoms with Crippen LogP contribution in [0.3, 0.4) is 0 Å².